The number of nitrogens with zero attached hydrogens (tertiary/aromatic N) is 1. The van der Waals surface area contributed by atoms with E-state index in [0.29, 0.717) is 12.0 Å². The van der Waals surface area contributed by atoms with Gasteiger partial charge < -0.3 is 9.88 Å². The van der Waals surface area contributed by atoms with Crippen LogP contribution in [0.3, 0.4) is 0 Å². The zero-order valence-electron chi connectivity index (χ0n) is 18.7. The van der Waals surface area contributed by atoms with Crippen LogP contribution in [0, 0.1) is 16.4 Å². The van der Waals surface area contributed by atoms with E-state index in [4.69, 9.17) is 4.78 Å². The lowest BCUT2D eigenvalue weighted by Gasteiger charge is -2.15. The summed E-state index contributed by atoms with van der Waals surface area (Å²) in [5.41, 5.74) is 1.61. The Bertz CT molecular complexity index is 1610. The van der Waals surface area contributed by atoms with Crippen LogP contribution in [0.5, 0.6) is 0 Å². The summed E-state index contributed by atoms with van der Waals surface area (Å²) in [5, 5.41) is 4.76. The van der Waals surface area contributed by atoms with Crippen LogP contribution < -0.4 is 10.0 Å². The Morgan fingerprint density at radius 1 is 1.09 bits per heavy atom. The van der Waals surface area contributed by atoms with Gasteiger partial charge in [-0.2, -0.15) is 0 Å². The van der Waals surface area contributed by atoms with E-state index >= 15 is 0 Å². The fourth-order valence-electron chi connectivity index (χ4n) is 4.31. The number of anilines is 1. The van der Waals surface area contributed by atoms with Gasteiger partial charge in [-0.15, -0.1) is 0 Å². The van der Waals surface area contributed by atoms with Crippen LogP contribution in [0.15, 0.2) is 77.8 Å². The van der Waals surface area contributed by atoms with Gasteiger partial charge >= 0.3 is 0 Å². The van der Waals surface area contributed by atoms with Crippen molar-refractivity contribution in [2.45, 2.75) is 17.4 Å². The number of aromatic nitrogens is 1. The van der Waals surface area contributed by atoms with Gasteiger partial charge in [0.05, 0.1) is 4.90 Å². The van der Waals surface area contributed by atoms with Gasteiger partial charge in [0.25, 0.3) is 5.91 Å². The summed E-state index contributed by atoms with van der Waals surface area (Å²) >= 11 is 0. The number of halogens is 2. The first kappa shape index (κ1) is 22.9. The first-order valence-corrected chi connectivity index (χ1v) is 12.4. The minimum atomic E-state index is -3.43. The number of fused-ring (bicyclic) bond motifs is 2. The average molecular weight is 493 g/mol. The molecule has 3 N–H and O–H groups in total. The monoisotopic (exact) mass is 492 g/mol. The summed E-state index contributed by atoms with van der Waals surface area (Å²) in [4.78, 5) is 13.2. The van der Waals surface area contributed by atoms with E-state index in [1.54, 1.807) is 19.2 Å². The number of hydrogen-bond acceptors (Lipinski definition) is 3. The number of aryl methyl sites for hydroxylation is 1. The molecule has 1 aliphatic heterocycles. The molecule has 2 atom stereocenters. The molecule has 0 saturated heterocycles. The smallest absolute Gasteiger partial charge is 0.272 e. The number of carbonyl (C=O) groups excluding carboxylic acids is 1. The van der Waals surface area contributed by atoms with Crippen LogP contribution in [-0.4, -0.2) is 20.7 Å². The fraction of sp³-hybridized carbons (Fsp3) is 0.115. The Hall–Kier alpha value is -3.82. The quantitative estimate of drug-likeness (QED) is 0.363. The molecule has 3 aromatic carbocycles. The number of nitrogens with one attached hydrogen (secondary N) is 3. The molecule has 0 fully saturated rings. The Kier molecular flexibility index (Phi) is 5.74. The number of hydrogen-bond donors (Lipinski definition) is 3. The van der Waals surface area contributed by atoms with E-state index in [1.165, 1.54) is 16.8 Å². The largest absolute Gasteiger partial charge is 0.345 e. The molecule has 1 amide bonds. The lowest BCUT2D eigenvalue weighted by molar-refractivity contribution is 0.101. The molecular weight excluding hydrogens is 470 g/mol. The summed E-state index contributed by atoms with van der Waals surface area (Å²) < 4.78 is 53.1. The van der Waals surface area contributed by atoms with E-state index in [-0.39, 0.29) is 16.3 Å². The van der Waals surface area contributed by atoms with Crippen molar-refractivity contribution in [1.82, 2.24) is 9.29 Å². The first-order valence-electron chi connectivity index (χ1n) is 10.9. The third kappa shape index (κ3) is 4.48. The van der Waals surface area contributed by atoms with Gasteiger partial charge in [0.1, 0.15) is 15.6 Å². The Labute approximate surface area is 201 Å². The van der Waals surface area contributed by atoms with Gasteiger partial charge in [-0.05, 0) is 34.9 Å². The molecule has 2 heterocycles. The fourth-order valence-corrected chi connectivity index (χ4v) is 5.81. The number of benzene rings is 3. The van der Waals surface area contributed by atoms with Crippen molar-refractivity contribution in [2.24, 2.45) is 7.05 Å². The van der Waals surface area contributed by atoms with Gasteiger partial charge in [0.15, 0.2) is 11.6 Å². The number of carbonyl (C=O) groups is 1. The zero-order chi connectivity index (χ0) is 24.7. The summed E-state index contributed by atoms with van der Waals surface area (Å²) in [5.74, 6) is -2.69. The normalized spacial score (nSPS) is 19.3. The SMILES string of the molecule is Cn1cc2c(c1C(=O)Nc1ccc(F)c(F)c1)C=C[C@@H](Cc1ccc3ccccc3c1)NS2(=N)=O. The molecule has 4 aromatic rings. The maximum absolute atomic E-state index is 13.6. The third-order valence-electron chi connectivity index (χ3n) is 5.97. The molecule has 0 bridgehead atoms. The van der Waals surface area contributed by atoms with Crippen molar-refractivity contribution in [3.05, 3.63) is 101 Å². The van der Waals surface area contributed by atoms with E-state index in [0.717, 1.165) is 28.5 Å². The zero-order valence-corrected chi connectivity index (χ0v) is 19.5. The van der Waals surface area contributed by atoms with Crippen LogP contribution in [0.1, 0.15) is 21.6 Å². The van der Waals surface area contributed by atoms with Crippen molar-refractivity contribution < 1.29 is 17.8 Å². The van der Waals surface area contributed by atoms with Crippen LogP contribution in [0.2, 0.25) is 0 Å². The van der Waals surface area contributed by atoms with Crippen LogP contribution in [0.4, 0.5) is 14.5 Å². The number of rotatable bonds is 4. The van der Waals surface area contributed by atoms with Crippen molar-refractivity contribution in [3.8, 4) is 0 Å². The van der Waals surface area contributed by atoms with E-state index in [1.807, 2.05) is 36.4 Å². The number of amides is 1. The summed E-state index contributed by atoms with van der Waals surface area (Å²) in [6.45, 7) is 0. The van der Waals surface area contributed by atoms with Gasteiger partial charge in [-0.3, -0.25) is 4.79 Å². The van der Waals surface area contributed by atoms with E-state index in [2.05, 4.69) is 16.1 Å². The summed E-state index contributed by atoms with van der Waals surface area (Å²) in [7, 11) is -1.83. The molecule has 9 heteroatoms. The highest BCUT2D eigenvalue weighted by Gasteiger charge is 2.28. The molecule has 1 unspecified atom stereocenters. The molecule has 1 aliphatic rings. The van der Waals surface area contributed by atoms with E-state index in [9.17, 15) is 17.8 Å². The second kappa shape index (κ2) is 8.75. The summed E-state index contributed by atoms with van der Waals surface area (Å²) in [6.07, 6.45) is 5.48. The predicted molar refractivity (Wildman–Crippen MR) is 132 cm³/mol. The highest BCUT2D eigenvalue weighted by Crippen LogP contribution is 2.28. The molecule has 178 valence electrons. The first-order chi connectivity index (χ1) is 16.7. The van der Waals surface area contributed by atoms with Crippen LogP contribution >= 0.6 is 0 Å². The van der Waals surface area contributed by atoms with Crippen molar-refractivity contribution in [1.29, 1.82) is 4.78 Å². The Morgan fingerprint density at radius 3 is 2.63 bits per heavy atom. The Balaban J connectivity index is 1.45. The highest BCUT2D eigenvalue weighted by atomic mass is 32.2. The van der Waals surface area contributed by atoms with E-state index < -0.39 is 33.5 Å². The lowest BCUT2D eigenvalue weighted by Crippen LogP contribution is -2.33. The van der Waals surface area contributed by atoms with Crippen molar-refractivity contribution in [3.63, 3.8) is 0 Å². The second-order valence-electron chi connectivity index (χ2n) is 8.47. The Morgan fingerprint density at radius 2 is 1.86 bits per heavy atom. The molecule has 5 rings (SSSR count). The predicted octanol–water partition coefficient (Wildman–Crippen LogP) is 5.26. The van der Waals surface area contributed by atoms with Crippen LogP contribution in [-0.2, 0) is 23.4 Å². The van der Waals surface area contributed by atoms with Crippen molar-refractivity contribution >= 4 is 38.4 Å². The van der Waals surface area contributed by atoms with Crippen LogP contribution in [0.25, 0.3) is 16.8 Å². The van der Waals surface area contributed by atoms with Gasteiger partial charge in [0.2, 0.25) is 0 Å². The third-order valence-corrected chi connectivity index (χ3v) is 7.55. The second-order valence-corrected chi connectivity index (χ2v) is 10.3. The minimum Gasteiger partial charge on any atom is -0.345 e. The van der Waals surface area contributed by atoms with Gasteiger partial charge in [-0.25, -0.2) is 22.5 Å². The molecule has 0 radical (unpaired) electrons. The molecule has 35 heavy (non-hydrogen) atoms. The molecule has 0 saturated carbocycles. The topological polar surface area (TPSA) is 87.0 Å². The molecular formula is C26H22F2N4O2S. The maximum atomic E-state index is 13.6. The van der Waals surface area contributed by atoms with Crippen molar-refractivity contribution in [2.75, 3.05) is 5.32 Å². The minimum absolute atomic E-state index is 0.0837. The molecule has 0 spiro atoms. The van der Waals surface area contributed by atoms with Gasteiger partial charge in [0, 0.05) is 36.6 Å². The summed E-state index contributed by atoms with van der Waals surface area (Å²) in [6, 6.07) is 16.8. The molecule has 0 aliphatic carbocycles. The lowest BCUT2D eigenvalue weighted by atomic mass is 10.0. The average Bonchev–Trinajstić information content (AvgIpc) is 3.11. The standard InChI is InChI=1S/C26H22F2N4O2S/c1-32-15-24-21(25(32)26(33)30-19-9-11-22(27)23(28)14-19)10-8-20(31-35(24,29)34)13-16-6-7-17-4-2-3-5-18(17)12-16/h2-12,14-15,20H,13H2,1H3,(H,30,33)(H2,29,31,34)/t20-,35?/m0/s1. The van der Waals surface area contributed by atoms with Gasteiger partial charge in [-0.1, -0.05) is 54.6 Å². The maximum Gasteiger partial charge on any atom is 0.272 e. The highest BCUT2D eigenvalue weighted by molar-refractivity contribution is 7.90. The molecule has 6 nitrogen and oxygen atoms in total. The molecule has 1 aromatic heterocycles.